The molecule has 1 amide bonds. The molecule has 0 aromatic heterocycles. The maximum absolute atomic E-state index is 12.1. The number of hydrogen-bond donors (Lipinski definition) is 2. The van der Waals surface area contributed by atoms with E-state index < -0.39 is 13.0 Å². The Hall–Kier alpha value is -1.44. The van der Waals surface area contributed by atoms with Gasteiger partial charge in [-0.3, -0.25) is 4.79 Å². The fourth-order valence-electron chi connectivity index (χ4n) is 2.32. The van der Waals surface area contributed by atoms with E-state index in [1.165, 1.54) is 0 Å². The second-order valence-corrected chi connectivity index (χ2v) is 4.77. The number of hydrogen-bond acceptors (Lipinski definition) is 4. The summed E-state index contributed by atoms with van der Waals surface area (Å²) in [5.74, 6) is -0.267. The molecular weight excluding hydrogens is 272 g/mol. The lowest BCUT2D eigenvalue weighted by Gasteiger charge is -2.28. The van der Waals surface area contributed by atoms with Crippen molar-refractivity contribution in [3.8, 4) is 0 Å². The minimum atomic E-state index is -2.53. The number of amides is 1. The molecule has 0 saturated heterocycles. The molecule has 0 unspecified atom stereocenters. The molecule has 1 fully saturated rings. The Kier molecular flexibility index (Phi) is 7.21. The maximum Gasteiger partial charge on any atom is 0.261 e. The van der Waals surface area contributed by atoms with Crippen molar-refractivity contribution in [3.05, 3.63) is 0 Å². The number of ether oxygens (including phenoxy) is 1. The van der Waals surface area contributed by atoms with E-state index in [0.29, 0.717) is 0 Å². The van der Waals surface area contributed by atoms with Crippen LogP contribution >= 0.6 is 0 Å². The number of halogens is 2. The molecule has 0 radical (unpaired) electrons. The number of oxime groups is 1. The molecule has 0 spiro atoms. The van der Waals surface area contributed by atoms with Gasteiger partial charge in [0, 0.05) is 6.04 Å². The molecule has 1 rings (SSSR count). The second kappa shape index (κ2) is 8.68. The van der Waals surface area contributed by atoms with Gasteiger partial charge in [-0.25, -0.2) is 8.78 Å². The molecule has 0 atom stereocenters. The average Bonchev–Trinajstić information content (AvgIpc) is 2.93. The highest BCUT2D eigenvalue weighted by Gasteiger charge is 2.27. The number of nitrogens with two attached hydrogens (primary N) is 1. The van der Waals surface area contributed by atoms with Crippen LogP contribution in [0.15, 0.2) is 5.16 Å². The van der Waals surface area contributed by atoms with Gasteiger partial charge in [-0.05, 0) is 12.8 Å². The average molecular weight is 293 g/mol. The Balaban J connectivity index is 2.46. The number of alkyl halides is 2. The molecule has 0 aromatic rings. The van der Waals surface area contributed by atoms with Gasteiger partial charge in [-0.2, -0.15) is 0 Å². The lowest BCUT2D eigenvalue weighted by molar-refractivity contribution is -0.134. The van der Waals surface area contributed by atoms with Crippen molar-refractivity contribution in [1.29, 1.82) is 0 Å². The minimum absolute atomic E-state index is 0.0158. The van der Waals surface area contributed by atoms with Crippen molar-refractivity contribution in [1.82, 2.24) is 4.90 Å². The van der Waals surface area contributed by atoms with Crippen molar-refractivity contribution in [3.63, 3.8) is 0 Å². The SMILES string of the molecule is NC(CN(C(=O)CCOCC(F)F)C1CCCC1)=NO. The predicted molar refractivity (Wildman–Crippen MR) is 68.8 cm³/mol. The van der Waals surface area contributed by atoms with Crippen molar-refractivity contribution in [2.45, 2.75) is 44.6 Å². The first-order valence-corrected chi connectivity index (χ1v) is 6.66. The number of carbonyl (C=O) groups is 1. The third-order valence-corrected chi connectivity index (χ3v) is 3.25. The van der Waals surface area contributed by atoms with E-state index in [1.54, 1.807) is 4.90 Å². The summed E-state index contributed by atoms with van der Waals surface area (Å²) < 4.78 is 28.5. The first kappa shape index (κ1) is 16.6. The largest absolute Gasteiger partial charge is 0.409 e. The molecular formula is C12H21F2N3O3. The van der Waals surface area contributed by atoms with Crippen LogP contribution < -0.4 is 5.73 Å². The molecule has 3 N–H and O–H groups in total. The van der Waals surface area contributed by atoms with E-state index in [9.17, 15) is 13.6 Å². The van der Waals surface area contributed by atoms with E-state index >= 15 is 0 Å². The third-order valence-electron chi connectivity index (χ3n) is 3.25. The highest BCUT2D eigenvalue weighted by Crippen LogP contribution is 2.23. The van der Waals surface area contributed by atoms with Gasteiger partial charge in [0.2, 0.25) is 5.91 Å². The van der Waals surface area contributed by atoms with E-state index in [-0.39, 0.29) is 37.4 Å². The van der Waals surface area contributed by atoms with Gasteiger partial charge < -0.3 is 20.6 Å². The fourth-order valence-corrected chi connectivity index (χ4v) is 2.32. The molecule has 6 nitrogen and oxygen atoms in total. The zero-order chi connectivity index (χ0) is 15.0. The number of amidine groups is 1. The Morgan fingerprint density at radius 1 is 1.45 bits per heavy atom. The monoisotopic (exact) mass is 293 g/mol. The van der Waals surface area contributed by atoms with Crippen LogP contribution in [0.4, 0.5) is 8.78 Å². The number of nitrogens with zero attached hydrogens (tertiary/aromatic N) is 2. The minimum Gasteiger partial charge on any atom is -0.409 e. The Bertz CT molecular complexity index is 334. The van der Waals surface area contributed by atoms with Crippen LogP contribution in [0.5, 0.6) is 0 Å². The predicted octanol–water partition coefficient (Wildman–Crippen LogP) is 1.18. The van der Waals surface area contributed by atoms with Gasteiger partial charge >= 0.3 is 0 Å². The first-order chi connectivity index (χ1) is 9.54. The summed E-state index contributed by atoms with van der Waals surface area (Å²) in [6.07, 6.45) is 1.30. The van der Waals surface area contributed by atoms with Gasteiger partial charge in [0.1, 0.15) is 6.61 Å². The molecule has 116 valence electrons. The van der Waals surface area contributed by atoms with E-state index in [2.05, 4.69) is 5.16 Å². The standard InChI is InChI=1S/C12H21F2N3O3/c13-10(14)8-20-6-5-12(18)17(7-11(15)16-19)9-3-1-2-4-9/h9-10,19H,1-8H2,(H2,15,16). The molecule has 0 aromatic carbocycles. The summed E-state index contributed by atoms with van der Waals surface area (Å²) in [5.41, 5.74) is 5.45. The molecule has 1 aliphatic carbocycles. The van der Waals surface area contributed by atoms with Crippen LogP contribution in [-0.2, 0) is 9.53 Å². The summed E-state index contributed by atoms with van der Waals surface area (Å²) >= 11 is 0. The number of carbonyl (C=O) groups excluding carboxylic acids is 1. The van der Waals surface area contributed by atoms with Gasteiger partial charge in [-0.1, -0.05) is 18.0 Å². The van der Waals surface area contributed by atoms with Crippen LogP contribution in [0.2, 0.25) is 0 Å². The van der Waals surface area contributed by atoms with Crippen molar-refractivity contribution in [2.75, 3.05) is 19.8 Å². The van der Waals surface area contributed by atoms with Crippen molar-refractivity contribution >= 4 is 11.7 Å². The molecule has 20 heavy (non-hydrogen) atoms. The van der Waals surface area contributed by atoms with Gasteiger partial charge in [-0.15, -0.1) is 0 Å². The topological polar surface area (TPSA) is 88.2 Å². The van der Waals surface area contributed by atoms with E-state index in [4.69, 9.17) is 15.7 Å². The summed E-state index contributed by atoms with van der Waals surface area (Å²) in [6, 6.07) is 0.0675. The molecule has 1 aliphatic rings. The van der Waals surface area contributed by atoms with Crippen LogP contribution in [0.25, 0.3) is 0 Å². The zero-order valence-electron chi connectivity index (χ0n) is 11.3. The normalized spacial score (nSPS) is 16.9. The summed E-state index contributed by atoms with van der Waals surface area (Å²) in [5, 5.41) is 11.5. The molecule has 0 heterocycles. The highest BCUT2D eigenvalue weighted by atomic mass is 19.3. The van der Waals surface area contributed by atoms with Gasteiger partial charge in [0.25, 0.3) is 6.43 Å². The summed E-state index contributed by atoms with van der Waals surface area (Å²) in [6.45, 7) is -0.672. The van der Waals surface area contributed by atoms with Crippen molar-refractivity contribution < 1.29 is 23.5 Å². The van der Waals surface area contributed by atoms with Crippen LogP contribution in [0.3, 0.4) is 0 Å². The van der Waals surface area contributed by atoms with Gasteiger partial charge in [0.15, 0.2) is 5.84 Å². The molecule has 1 saturated carbocycles. The first-order valence-electron chi connectivity index (χ1n) is 6.66. The molecule has 0 aliphatic heterocycles. The molecule has 0 bridgehead atoms. The highest BCUT2D eigenvalue weighted by molar-refractivity contribution is 5.87. The van der Waals surface area contributed by atoms with E-state index in [0.717, 1.165) is 25.7 Å². The maximum atomic E-state index is 12.1. The van der Waals surface area contributed by atoms with Gasteiger partial charge in [0.05, 0.1) is 19.6 Å². The molecule has 8 heteroatoms. The summed E-state index contributed by atoms with van der Waals surface area (Å²) in [4.78, 5) is 13.6. The summed E-state index contributed by atoms with van der Waals surface area (Å²) in [7, 11) is 0. The number of rotatable bonds is 8. The van der Waals surface area contributed by atoms with Crippen LogP contribution in [0.1, 0.15) is 32.1 Å². The fraction of sp³-hybridized carbons (Fsp3) is 0.833. The van der Waals surface area contributed by atoms with Crippen LogP contribution in [-0.4, -0.2) is 54.1 Å². The second-order valence-electron chi connectivity index (χ2n) is 4.77. The lowest BCUT2D eigenvalue weighted by Crippen LogP contribution is -2.44. The van der Waals surface area contributed by atoms with Crippen molar-refractivity contribution in [2.24, 2.45) is 10.9 Å². The Labute approximate surface area is 116 Å². The third kappa shape index (κ3) is 5.68. The quantitative estimate of drug-likeness (QED) is 0.231. The Morgan fingerprint density at radius 3 is 2.65 bits per heavy atom. The Morgan fingerprint density at radius 2 is 2.10 bits per heavy atom. The lowest BCUT2D eigenvalue weighted by atomic mass is 10.2. The zero-order valence-corrected chi connectivity index (χ0v) is 11.3. The van der Waals surface area contributed by atoms with E-state index in [1.807, 2.05) is 0 Å². The van der Waals surface area contributed by atoms with Crippen LogP contribution in [0, 0.1) is 0 Å². The smallest absolute Gasteiger partial charge is 0.261 e.